The molecule has 42 heavy (non-hydrogen) atoms. The van der Waals surface area contributed by atoms with Crippen molar-refractivity contribution in [2.45, 2.75) is 31.5 Å². The second kappa shape index (κ2) is 14.0. The molecule has 0 bridgehead atoms. The van der Waals surface area contributed by atoms with Gasteiger partial charge in [0, 0.05) is 35.2 Å². The van der Waals surface area contributed by atoms with Crippen molar-refractivity contribution in [1.29, 1.82) is 0 Å². The van der Waals surface area contributed by atoms with E-state index in [-0.39, 0.29) is 25.2 Å². The van der Waals surface area contributed by atoms with Crippen molar-refractivity contribution >= 4 is 16.9 Å². The minimum absolute atomic E-state index is 0.0299. The van der Waals surface area contributed by atoms with Crippen molar-refractivity contribution in [1.82, 2.24) is 4.90 Å². The maximum atomic E-state index is 11.8. The number of carboxylic acid groups (broad SMARTS) is 1. The summed E-state index contributed by atoms with van der Waals surface area (Å²) in [5, 5.41) is 11.6. The number of carbonyl (C=O) groups is 1. The zero-order chi connectivity index (χ0) is 29.3. The molecule has 8 nitrogen and oxygen atoms in total. The van der Waals surface area contributed by atoms with E-state index in [0.29, 0.717) is 26.2 Å². The minimum Gasteiger partial charge on any atom is -0.496 e. The molecule has 1 heterocycles. The maximum Gasteiger partial charge on any atom is 0.407 e. The second-order valence-corrected chi connectivity index (χ2v) is 10.2. The molecule has 0 aliphatic carbocycles. The Bertz CT molecular complexity index is 1460. The first-order chi connectivity index (χ1) is 20.6. The molecule has 220 valence electrons. The van der Waals surface area contributed by atoms with Crippen molar-refractivity contribution in [2.24, 2.45) is 0 Å². The van der Waals surface area contributed by atoms with E-state index in [1.165, 1.54) is 4.90 Å². The van der Waals surface area contributed by atoms with Gasteiger partial charge in [0.1, 0.15) is 23.0 Å². The summed E-state index contributed by atoms with van der Waals surface area (Å²) < 4.78 is 29.6. The maximum absolute atomic E-state index is 11.8. The van der Waals surface area contributed by atoms with Gasteiger partial charge in [0.2, 0.25) is 0 Å². The van der Waals surface area contributed by atoms with E-state index in [0.717, 1.165) is 51.3 Å². The Labute approximate surface area is 246 Å². The summed E-state index contributed by atoms with van der Waals surface area (Å²) in [5.41, 5.74) is 1.94. The summed E-state index contributed by atoms with van der Waals surface area (Å²) >= 11 is 0. The molecule has 2 unspecified atom stereocenters. The molecule has 1 amide bonds. The van der Waals surface area contributed by atoms with E-state index in [2.05, 4.69) is 0 Å². The van der Waals surface area contributed by atoms with Gasteiger partial charge in [0.15, 0.2) is 0 Å². The molecule has 4 aromatic carbocycles. The number of nitrogens with zero attached hydrogens (tertiary/aromatic N) is 1. The molecular formula is C34H37NO7. The van der Waals surface area contributed by atoms with E-state index >= 15 is 0 Å². The molecule has 2 atom stereocenters. The van der Waals surface area contributed by atoms with Crippen LogP contribution in [0.25, 0.3) is 10.8 Å². The monoisotopic (exact) mass is 571 g/mol. The Morgan fingerprint density at radius 1 is 0.857 bits per heavy atom. The van der Waals surface area contributed by atoms with Crippen molar-refractivity contribution < 1.29 is 33.6 Å². The largest absolute Gasteiger partial charge is 0.496 e. The lowest BCUT2D eigenvalue weighted by atomic mass is 9.87. The highest BCUT2D eigenvalue weighted by molar-refractivity contribution is 5.94. The zero-order valence-electron chi connectivity index (χ0n) is 24.0. The van der Waals surface area contributed by atoms with Crippen LogP contribution in [-0.2, 0) is 11.3 Å². The molecule has 1 saturated heterocycles. The van der Waals surface area contributed by atoms with Gasteiger partial charge in [-0.25, -0.2) is 4.79 Å². The van der Waals surface area contributed by atoms with E-state index < -0.39 is 6.09 Å². The molecule has 1 aliphatic rings. The number of fused-ring (bicyclic) bond motifs is 1. The molecular weight excluding hydrogens is 534 g/mol. The van der Waals surface area contributed by atoms with Gasteiger partial charge in [-0.1, -0.05) is 54.6 Å². The summed E-state index contributed by atoms with van der Waals surface area (Å²) in [4.78, 5) is 13.3. The van der Waals surface area contributed by atoms with E-state index in [4.69, 9.17) is 23.7 Å². The average molecular weight is 572 g/mol. The number of ether oxygens (including phenoxy) is 5. The highest BCUT2D eigenvalue weighted by atomic mass is 16.5. The van der Waals surface area contributed by atoms with Crippen LogP contribution < -0.4 is 18.9 Å². The van der Waals surface area contributed by atoms with Crippen LogP contribution in [0.1, 0.15) is 29.9 Å². The first-order valence-corrected chi connectivity index (χ1v) is 14.2. The van der Waals surface area contributed by atoms with Crippen LogP contribution in [0.5, 0.6) is 23.0 Å². The van der Waals surface area contributed by atoms with Gasteiger partial charge in [-0.3, -0.25) is 0 Å². The Balaban J connectivity index is 1.25. The third-order valence-electron chi connectivity index (χ3n) is 7.62. The second-order valence-electron chi connectivity index (χ2n) is 10.2. The van der Waals surface area contributed by atoms with Gasteiger partial charge < -0.3 is 33.7 Å². The molecule has 1 aliphatic heterocycles. The Kier molecular flexibility index (Phi) is 9.66. The van der Waals surface area contributed by atoms with Crippen molar-refractivity contribution in [3.63, 3.8) is 0 Å². The molecule has 1 fully saturated rings. The van der Waals surface area contributed by atoms with Gasteiger partial charge in [0.25, 0.3) is 0 Å². The number of piperidine rings is 1. The molecule has 5 rings (SSSR count). The first kappa shape index (κ1) is 29.1. The molecule has 0 radical (unpaired) electrons. The lowest BCUT2D eigenvalue weighted by Gasteiger charge is -2.37. The number of methoxy groups -OCH3 is 2. The van der Waals surface area contributed by atoms with Gasteiger partial charge in [-0.15, -0.1) is 0 Å². The van der Waals surface area contributed by atoms with Gasteiger partial charge in [-0.2, -0.15) is 0 Å². The zero-order valence-corrected chi connectivity index (χ0v) is 24.0. The number of benzene rings is 4. The van der Waals surface area contributed by atoms with Crippen LogP contribution in [0.3, 0.4) is 0 Å². The van der Waals surface area contributed by atoms with Crippen molar-refractivity contribution in [3.05, 3.63) is 96.1 Å². The molecule has 4 aromatic rings. The van der Waals surface area contributed by atoms with Crippen LogP contribution in [0.15, 0.2) is 84.9 Å². The van der Waals surface area contributed by atoms with Crippen LogP contribution in [0, 0.1) is 0 Å². The fraction of sp³-hybridized carbons (Fsp3) is 0.324. The first-order valence-electron chi connectivity index (χ1n) is 14.2. The molecule has 0 saturated carbocycles. The summed E-state index contributed by atoms with van der Waals surface area (Å²) in [5.74, 6) is 3.13. The van der Waals surface area contributed by atoms with Crippen LogP contribution in [0.2, 0.25) is 0 Å². The third kappa shape index (κ3) is 6.89. The van der Waals surface area contributed by atoms with Crippen molar-refractivity contribution in [2.75, 3.05) is 40.5 Å². The third-order valence-corrected chi connectivity index (χ3v) is 7.62. The quantitative estimate of drug-likeness (QED) is 0.188. The molecule has 8 heteroatoms. The fourth-order valence-electron chi connectivity index (χ4n) is 5.49. The summed E-state index contributed by atoms with van der Waals surface area (Å²) in [6.45, 7) is 2.12. The van der Waals surface area contributed by atoms with Crippen LogP contribution in [0.4, 0.5) is 4.79 Å². The minimum atomic E-state index is -0.938. The smallest absolute Gasteiger partial charge is 0.407 e. The Morgan fingerprint density at radius 3 is 2.19 bits per heavy atom. The Hall–Kier alpha value is -4.43. The predicted molar refractivity (Wildman–Crippen MR) is 161 cm³/mol. The predicted octanol–water partition coefficient (Wildman–Crippen LogP) is 6.76. The lowest BCUT2D eigenvalue weighted by Crippen LogP contribution is -2.46. The number of amides is 1. The molecule has 0 aromatic heterocycles. The topological polar surface area (TPSA) is 86.7 Å². The standard InChI is InChI=1S/C34H37NO7/c1-38-31-21-25(33(39-2)30-12-7-6-11-29(30)31)23-42-32-22-35(34(36)37)18-17-28(32)24-13-15-27(16-14-24)41-20-8-19-40-26-9-4-3-5-10-26/h3-7,9-16,21,28,32H,8,17-20,22-23H2,1-2H3,(H,36,37). The van der Waals surface area contributed by atoms with Gasteiger partial charge >= 0.3 is 6.09 Å². The van der Waals surface area contributed by atoms with E-state index in [1.807, 2.05) is 84.9 Å². The highest BCUT2D eigenvalue weighted by Gasteiger charge is 2.33. The molecule has 1 N–H and O–H groups in total. The van der Waals surface area contributed by atoms with Crippen LogP contribution >= 0.6 is 0 Å². The number of para-hydroxylation sites is 1. The van der Waals surface area contributed by atoms with Crippen molar-refractivity contribution in [3.8, 4) is 23.0 Å². The summed E-state index contributed by atoms with van der Waals surface area (Å²) in [6, 6.07) is 27.6. The van der Waals surface area contributed by atoms with Crippen LogP contribution in [-0.4, -0.2) is 62.7 Å². The highest BCUT2D eigenvalue weighted by Crippen LogP contribution is 2.38. The Morgan fingerprint density at radius 2 is 1.52 bits per heavy atom. The normalized spacial score (nSPS) is 16.7. The summed E-state index contributed by atoms with van der Waals surface area (Å²) in [6.07, 6.45) is 0.154. The average Bonchev–Trinajstić information content (AvgIpc) is 3.03. The van der Waals surface area contributed by atoms with Gasteiger partial charge in [-0.05, 0) is 42.3 Å². The number of hydrogen-bond donors (Lipinski definition) is 1. The molecule has 0 spiro atoms. The summed E-state index contributed by atoms with van der Waals surface area (Å²) in [7, 11) is 3.29. The fourth-order valence-corrected chi connectivity index (χ4v) is 5.49. The SMILES string of the molecule is COc1cc(COC2CN(C(=O)O)CCC2c2ccc(OCCCOc3ccccc3)cc2)c(OC)c2ccccc12. The number of hydrogen-bond acceptors (Lipinski definition) is 6. The number of likely N-dealkylation sites (tertiary alicyclic amines) is 1. The van der Waals surface area contributed by atoms with Gasteiger partial charge in [0.05, 0.1) is 46.7 Å². The van der Waals surface area contributed by atoms with E-state index in [1.54, 1.807) is 14.2 Å². The lowest BCUT2D eigenvalue weighted by molar-refractivity contribution is -0.0204. The van der Waals surface area contributed by atoms with E-state index in [9.17, 15) is 9.90 Å². The number of rotatable bonds is 12.